The Balaban J connectivity index is 3.29. The van der Waals surface area contributed by atoms with Crippen molar-refractivity contribution in [1.29, 1.82) is 0 Å². The van der Waals surface area contributed by atoms with E-state index in [2.05, 4.69) is 4.99 Å². The largest absolute Gasteiger partial charge is 0.370 e. The lowest BCUT2D eigenvalue weighted by Gasteiger charge is -1.99. The molecule has 0 spiro atoms. The van der Waals surface area contributed by atoms with Gasteiger partial charge in [0.05, 0.1) is 0 Å². The van der Waals surface area contributed by atoms with Gasteiger partial charge in [0.2, 0.25) is 0 Å². The molecule has 0 heterocycles. The van der Waals surface area contributed by atoms with Crippen molar-refractivity contribution in [3.05, 3.63) is 29.6 Å². The van der Waals surface area contributed by atoms with Crippen LogP contribution in [-0.2, 0) is 0 Å². The van der Waals surface area contributed by atoms with Gasteiger partial charge in [0.15, 0.2) is 17.6 Å². The van der Waals surface area contributed by atoms with Gasteiger partial charge in [-0.25, -0.2) is 18.2 Å². The Bertz CT molecular complexity index is 335. The minimum atomic E-state index is -1.15. The fraction of sp³-hybridized carbons (Fsp3) is 0. The first-order chi connectivity index (χ1) is 6.00. The molecule has 0 saturated heterocycles. The molecule has 0 saturated carbocycles. The molecule has 3 nitrogen and oxygen atoms in total. The van der Waals surface area contributed by atoms with Crippen molar-refractivity contribution >= 4 is 11.6 Å². The molecule has 1 rings (SSSR count). The normalized spacial score (nSPS) is 9.77. The van der Waals surface area contributed by atoms with Crippen LogP contribution >= 0.6 is 0 Å². The lowest BCUT2D eigenvalue weighted by molar-refractivity contribution is 0.546. The maximum absolute atomic E-state index is 12.8. The molecule has 0 aliphatic heterocycles. The molecular weight excluding hydrogens is 183 g/mol. The van der Waals surface area contributed by atoms with Crippen LogP contribution in [0.15, 0.2) is 17.1 Å². The Morgan fingerprint density at radius 3 is 1.92 bits per heavy atom. The molecule has 0 fully saturated rings. The van der Waals surface area contributed by atoms with Gasteiger partial charge in [0, 0.05) is 12.1 Å². The zero-order chi connectivity index (χ0) is 10.0. The first kappa shape index (κ1) is 9.37. The first-order valence-corrected chi connectivity index (χ1v) is 3.25. The molecule has 1 aromatic rings. The number of nitrogens with zero attached hydrogens (tertiary/aromatic N) is 1. The Morgan fingerprint density at radius 1 is 1.08 bits per heavy atom. The molecule has 0 amide bonds. The fourth-order valence-corrected chi connectivity index (χ4v) is 0.770. The smallest absolute Gasteiger partial charge is 0.191 e. The van der Waals surface area contributed by atoms with Gasteiger partial charge in [-0.2, -0.15) is 0 Å². The lowest BCUT2D eigenvalue weighted by Crippen LogP contribution is -2.22. The molecule has 6 heteroatoms. The summed E-state index contributed by atoms with van der Waals surface area (Å²) >= 11 is 0. The molecule has 1 aromatic carbocycles. The third kappa shape index (κ3) is 2.11. The number of benzene rings is 1. The van der Waals surface area contributed by atoms with Gasteiger partial charge < -0.3 is 11.5 Å². The summed E-state index contributed by atoms with van der Waals surface area (Å²) in [5.74, 6) is -3.81. The van der Waals surface area contributed by atoms with Crippen molar-refractivity contribution < 1.29 is 13.2 Å². The second kappa shape index (κ2) is 3.34. The topological polar surface area (TPSA) is 64.4 Å². The highest BCUT2D eigenvalue weighted by molar-refractivity contribution is 5.79. The highest BCUT2D eigenvalue weighted by atomic mass is 19.1. The quantitative estimate of drug-likeness (QED) is 0.511. The zero-order valence-corrected chi connectivity index (χ0v) is 6.39. The molecular formula is C7H6F3N3. The van der Waals surface area contributed by atoms with Crippen molar-refractivity contribution in [2.24, 2.45) is 16.5 Å². The maximum Gasteiger partial charge on any atom is 0.191 e. The molecule has 13 heavy (non-hydrogen) atoms. The monoisotopic (exact) mass is 189 g/mol. The molecule has 70 valence electrons. The molecule has 0 unspecified atom stereocenters. The molecule has 0 atom stereocenters. The number of hydrogen-bond donors (Lipinski definition) is 2. The van der Waals surface area contributed by atoms with E-state index in [4.69, 9.17) is 11.5 Å². The summed E-state index contributed by atoms with van der Waals surface area (Å²) in [5, 5.41) is 0. The van der Waals surface area contributed by atoms with Crippen LogP contribution in [0, 0.1) is 17.5 Å². The molecule has 0 bridgehead atoms. The van der Waals surface area contributed by atoms with E-state index >= 15 is 0 Å². The van der Waals surface area contributed by atoms with Crippen LogP contribution in [-0.4, -0.2) is 5.96 Å². The van der Waals surface area contributed by atoms with E-state index in [1.54, 1.807) is 0 Å². The average molecular weight is 189 g/mol. The number of hydrogen-bond acceptors (Lipinski definition) is 1. The van der Waals surface area contributed by atoms with Gasteiger partial charge in [0.25, 0.3) is 0 Å². The van der Waals surface area contributed by atoms with Crippen LogP contribution in [0.3, 0.4) is 0 Å². The molecule has 4 N–H and O–H groups in total. The van der Waals surface area contributed by atoms with Crippen molar-refractivity contribution in [2.45, 2.75) is 0 Å². The van der Waals surface area contributed by atoms with E-state index < -0.39 is 29.1 Å². The number of guanidine groups is 1. The first-order valence-electron chi connectivity index (χ1n) is 3.25. The van der Waals surface area contributed by atoms with E-state index in [0.717, 1.165) is 0 Å². The van der Waals surface area contributed by atoms with E-state index in [1.807, 2.05) is 0 Å². The van der Waals surface area contributed by atoms with E-state index in [9.17, 15) is 13.2 Å². The highest BCUT2D eigenvalue weighted by Gasteiger charge is 2.10. The second-order valence-corrected chi connectivity index (χ2v) is 2.25. The SMILES string of the molecule is NC(N)=Nc1c(F)cc(F)cc1F. The van der Waals surface area contributed by atoms with E-state index in [0.29, 0.717) is 12.1 Å². The summed E-state index contributed by atoms with van der Waals surface area (Å²) in [6.45, 7) is 0. The van der Waals surface area contributed by atoms with Crippen molar-refractivity contribution in [1.82, 2.24) is 0 Å². The van der Waals surface area contributed by atoms with Crippen LogP contribution in [0.4, 0.5) is 18.9 Å². The minimum Gasteiger partial charge on any atom is -0.370 e. The molecule has 0 aliphatic rings. The zero-order valence-electron chi connectivity index (χ0n) is 6.39. The van der Waals surface area contributed by atoms with Crippen LogP contribution in [0.1, 0.15) is 0 Å². The van der Waals surface area contributed by atoms with Crippen LogP contribution in [0.2, 0.25) is 0 Å². The minimum absolute atomic E-state index is 0.491. The number of aliphatic imine (C=N–C) groups is 1. The second-order valence-electron chi connectivity index (χ2n) is 2.25. The predicted octanol–water partition coefficient (Wildman–Crippen LogP) is 1.01. The summed E-state index contributed by atoms with van der Waals surface area (Å²) in [7, 11) is 0. The molecule has 0 radical (unpaired) electrons. The highest BCUT2D eigenvalue weighted by Crippen LogP contribution is 2.22. The average Bonchev–Trinajstić information content (AvgIpc) is 1.96. The standard InChI is InChI=1S/C7H6F3N3/c8-3-1-4(9)6(5(10)2-3)13-7(11)12/h1-2H,(H4,11,12,13). The fourth-order valence-electron chi connectivity index (χ4n) is 0.770. The van der Waals surface area contributed by atoms with Gasteiger partial charge in [-0.3, -0.25) is 0 Å². The van der Waals surface area contributed by atoms with E-state index in [1.165, 1.54) is 0 Å². The number of halogens is 3. The van der Waals surface area contributed by atoms with Crippen LogP contribution in [0.5, 0.6) is 0 Å². The Kier molecular flexibility index (Phi) is 2.41. The summed E-state index contributed by atoms with van der Waals surface area (Å²) in [4.78, 5) is 3.16. The van der Waals surface area contributed by atoms with Gasteiger partial charge in [-0.15, -0.1) is 0 Å². The summed E-state index contributed by atoms with van der Waals surface area (Å²) in [5.41, 5.74) is 9.11. The van der Waals surface area contributed by atoms with E-state index in [-0.39, 0.29) is 0 Å². The third-order valence-electron chi connectivity index (χ3n) is 1.22. The third-order valence-corrected chi connectivity index (χ3v) is 1.22. The summed E-state index contributed by atoms with van der Waals surface area (Å²) in [6.07, 6.45) is 0. The van der Waals surface area contributed by atoms with Gasteiger partial charge in [0.1, 0.15) is 11.5 Å². The van der Waals surface area contributed by atoms with Crippen LogP contribution in [0.25, 0.3) is 0 Å². The van der Waals surface area contributed by atoms with Crippen molar-refractivity contribution in [3.8, 4) is 0 Å². The van der Waals surface area contributed by atoms with Gasteiger partial charge in [-0.05, 0) is 0 Å². The molecule has 0 aromatic heterocycles. The predicted molar refractivity (Wildman–Crippen MR) is 41.8 cm³/mol. The van der Waals surface area contributed by atoms with Gasteiger partial charge in [-0.1, -0.05) is 0 Å². The molecule has 0 aliphatic carbocycles. The Hall–Kier alpha value is -1.72. The Morgan fingerprint density at radius 2 is 1.54 bits per heavy atom. The number of rotatable bonds is 1. The van der Waals surface area contributed by atoms with Crippen molar-refractivity contribution in [2.75, 3.05) is 0 Å². The van der Waals surface area contributed by atoms with Crippen LogP contribution < -0.4 is 11.5 Å². The Labute approximate surface area is 71.9 Å². The maximum atomic E-state index is 12.8. The lowest BCUT2D eigenvalue weighted by atomic mass is 10.3. The summed E-state index contributed by atoms with van der Waals surface area (Å²) in [6, 6.07) is 0.982. The van der Waals surface area contributed by atoms with Crippen molar-refractivity contribution in [3.63, 3.8) is 0 Å². The number of nitrogens with two attached hydrogens (primary N) is 2. The van der Waals surface area contributed by atoms with Gasteiger partial charge >= 0.3 is 0 Å². The summed E-state index contributed by atoms with van der Waals surface area (Å²) < 4.78 is 37.9.